The Kier molecular flexibility index (Phi) is 3.23. The number of benzene rings is 1. The minimum absolute atomic E-state index is 0.140. The summed E-state index contributed by atoms with van der Waals surface area (Å²) in [4.78, 5) is 15.5. The van der Waals surface area contributed by atoms with Crippen molar-refractivity contribution in [3.8, 4) is 0 Å². The number of imidazole rings is 1. The van der Waals surface area contributed by atoms with Gasteiger partial charge in [-0.05, 0) is 43.4 Å². The number of carbonyl (C=O) groups excluding carboxylic acids is 1. The molecule has 0 atom stereocenters. The van der Waals surface area contributed by atoms with Crippen molar-refractivity contribution in [1.29, 1.82) is 0 Å². The second-order valence-electron chi connectivity index (χ2n) is 5.14. The molecular weight excluding hydrogens is 240 g/mol. The standard InChI is InChI=1S/C15H18N2O2/c1-19-15(18)4-2-3-11-5-8-14-13(9-11)16-10-17(14)12-6-7-12/h5,8-10,12H,2-4,6-7H2,1H3. The topological polar surface area (TPSA) is 44.1 Å². The molecule has 1 aliphatic carbocycles. The zero-order valence-corrected chi connectivity index (χ0v) is 11.1. The summed E-state index contributed by atoms with van der Waals surface area (Å²) >= 11 is 0. The van der Waals surface area contributed by atoms with Crippen LogP contribution in [-0.4, -0.2) is 22.6 Å². The van der Waals surface area contributed by atoms with Crippen LogP contribution in [0, 0.1) is 0 Å². The van der Waals surface area contributed by atoms with Crippen LogP contribution in [0.15, 0.2) is 24.5 Å². The zero-order chi connectivity index (χ0) is 13.2. The van der Waals surface area contributed by atoms with Crippen LogP contribution in [0.4, 0.5) is 0 Å². The van der Waals surface area contributed by atoms with E-state index in [9.17, 15) is 4.79 Å². The molecule has 1 aliphatic rings. The summed E-state index contributed by atoms with van der Waals surface area (Å²) in [7, 11) is 1.43. The number of methoxy groups -OCH3 is 1. The molecule has 0 aliphatic heterocycles. The monoisotopic (exact) mass is 258 g/mol. The Morgan fingerprint density at radius 1 is 1.47 bits per heavy atom. The van der Waals surface area contributed by atoms with Crippen LogP contribution in [0.2, 0.25) is 0 Å². The summed E-state index contributed by atoms with van der Waals surface area (Å²) in [6.07, 6.45) is 6.67. The van der Waals surface area contributed by atoms with Crippen molar-refractivity contribution in [2.45, 2.75) is 38.1 Å². The number of nitrogens with zero attached hydrogens (tertiary/aromatic N) is 2. The lowest BCUT2D eigenvalue weighted by Crippen LogP contribution is -2.00. The number of ether oxygens (including phenoxy) is 1. The number of aromatic nitrogens is 2. The highest BCUT2D eigenvalue weighted by Crippen LogP contribution is 2.37. The van der Waals surface area contributed by atoms with E-state index >= 15 is 0 Å². The third kappa shape index (κ3) is 2.62. The van der Waals surface area contributed by atoms with E-state index in [1.807, 2.05) is 6.33 Å². The molecule has 0 spiro atoms. The van der Waals surface area contributed by atoms with Crippen LogP contribution in [0.1, 0.15) is 37.3 Å². The van der Waals surface area contributed by atoms with Crippen LogP contribution >= 0.6 is 0 Å². The van der Waals surface area contributed by atoms with Crippen molar-refractivity contribution >= 4 is 17.0 Å². The van der Waals surface area contributed by atoms with Gasteiger partial charge in [-0.2, -0.15) is 0 Å². The van der Waals surface area contributed by atoms with E-state index in [2.05, 4.69) is 32.5 Å². The molecule has 19 heavy (non-hydrogen) atoms. The van der Waals surface area contributed by atoms with Gasteiger partial charge in [0.05, 0.1) is 24.5 Å². The molecule has 1 saturated carbocycles. The van der Waals surface area contributed by atoms with Gasteiger partial charge in [0.25, 0.3) is 0 Å². The predicted molar refractivity (Wildman–Crippen MR) is 73.0 cm³/mol. The second kappa shape index (κ2) is 5.03. The van der Waals surface area contributed by atoms with Gasteiger partial charge in [-0.3, -0.25) is 4.79 Å². The molecule has 1 aromatic heterocycles. The number of hydrogen-bond donors (Lipinski definition) is 0. The van der Waals surface area contributed by atoms with E-state index in [0.717, 1.165) is 18.4 Å². The molecule has 0 radical (unpaired) electrons. The van der Waals surface area contributed by atoms with Crippen LogP contribution in [0.25, 0.3) is 11.0 Å². The Bertz CT molecular complexity index is 599. The fraction of sp³-hybridized carbons (Fsp3) is 0.467. The van der Waals surface area contributed by atoms with Crippen molar-refractivity contribution in [1.82, 2.24) is 9.55 Å². The first kappa shape index (κ1) is 12.2. The molecule has 0 unspecified atom stereocenters. The van der Waals surface area contributed by atoms with Gasteiger partial charge in [-0.1, -0.05) is 6.07 Å². The quantitative estimate of drug-likeness (QED) is 0.775. The van der Waals surface area contributed by atoms with Crippen molar-refractivity contribution in [3.63, 3.8) is 0 Å². The smallest absolute Gasteiger partial charge is 0.305 e. The first-order valence-corrected chi connectivity index (χ1v) is 6.80. The largest absolute Gasteiger partial charge is 0.469 e. The summed E-state index contributed by atoms with van der Waals surface area (Å²) in [6.45, 7) is 0. The average Bonchev–Trinajstić information content (AvgIpc) is 3.18. The Labute approximate surface area is 112 Å². The Hall–Kier alpha value is -1.84. The average molecular weight is 258 g/mol. The summed E-state index contributed by atoms with van der Waals surface area (Å²) in [6, 6.07) is 7.08. The molecule has 4 nitrogen and oxygen atoms in total. The third-order valence-corrected chi connectivity index (χ3v) is 3.65. The lowest BCUT2D eigenvalue weighted by atomic mass is 10.1. The maximum atomic E-state index is 11.1. The van der Waals surface area contributed by atoms with Gasteiger partial charge in [0, 0.05) is 12.5 Å². The maximum Gasteiger partial charge on any atom is 0.305 e. The zero-order valence-electron chi connectivity index (χ0n) is 11.1. The number of rotatable bonds is 5. The molecule has 1 aromatic carbocycles. The van der Waals surface area contributed by atoms with Crippen molar-refractivity contribution in [2.75, 3.05) is 7.11 Å². The molecule has 0 saturated heterocycles. The van der Waals surface area contributed by atoms with E-state index in [4.69, 9.17) is 0 Å². The number of esters is 1. The maximum absolute atomic E-state index is 11.1. The van der Waals surface area contributed by atoms with E-state index in [-0.39, 0.29) is 5.97 Å². The van der Waals surface area contributed by atoms with E-state index < -0.39 is 0 Å². The minimum Gasteiger partial charge on any atom is -0.469 e. The molecule has 1 heterocycles. The fourth-order valence-corrected chi connectivity index (χ4v) is 2.42. The first-order valence-electron chi connectivity index (χ1n) is 6.80. The Morgan fingerprint density at radius 3 is 3.05 bits per heavy atom. The molecule has 4 heteroatoms. The fourth-order valence-electron chi connectivity index (χ4n) is 2.42. The molecule has 100 valence electrons. The van der Waals surface area contributed by atoms with E-state index in [0.29, 0.717) is 12.5 Å². The minimum atomic E-state index is -0.140. The summed E-state index contributed by atoms with van der Waals surface area (Å²) < 4.78 is 6.91. The Balaban J connectivity index is 1.69. The normalized spacial score (nSPS) is 14.8. The molecule has 1 fully saturated rings. The molecule has 3 rings (SSSR count). The first-order chi connectivity index (χ1) is 9.28. The van der Waals surface area contributed by atoms with Crippen molar-refractivity contribution in [2.24, 2.45) is 0 Å². The van der Waals surface area contributed by atoms with Gasteiger partial charge < -0.3 is 9.30 Å². The van der Waals surface area contributed by atoms with E-state index in [1.165, 1.54) is 31.0 Å². The van der Waals surface area contributed by atoms with Gasteiger partial charge >= 0.3 is 5.97 Å². The van der Waals surface area contributed by atoms with Crippen molar-refractivity contribution in [3.05, 3.63) is 30.1 Å². The summed E-state index contributed by atoms with van der Waals surface area (Å²) in [5.41, 5.74) is 3.51. The number of fused-ring (bicyclic) bond motifs is 1. The van der Waals surface area contributed by atoms with Gasteiger partial charge in [0.2, 0.25) is 0 Å². The van der Waals surface area contributed by atoms with Crippen LogP contribution in [0.3, 0.4) is 0 Å². The summed E-state index contributed by atoms with van der Waals surface area (Å²) in [5.74, 6) is -0.140. The summed E-state index contributed by atoms with van der Waals surface area (Å²) in [5, 5.41) is 0. The van der Waals surface area contributed by atoms with Crippen molar-refractivity contribution < 1.29 is 9.53 Å². The van der Waals surface area contributed by atoms with Gasteiger partial charge in [0.15, 0.2) is 0 Å². The van der Waals surface area contributed by atoms with Crippen LogP contribution < -0.4 is 0 Å². The molecular formula is C15H18N2O2. The van der Waals surface area contributed by atoms with Gasteiger partial charge in [-0.15, -0.1) is 0 Å². The highest BCUT2D eigenvalue weighted by Gasteiger charge is 2.24. The highest BCUT2D eigenvalue weighted by molar-refractivity contribution is 5.76. The number of carbonyl (C=O) groups is 1. The Morgan fingerprint density at radius 2 is 2.32 bits per heavy atom. The number of hydrogen-bond acceptors (Lipinski definition) is 3. The lowest BCUT2D eigenvalue weighted by molar-refractivity contribution is -0.140. The number of aryl methyl sites for hydroxylation is 1. The molecule has 2 aromatic rings. The van der Waals surface area contributed by atoms with Crippen LogP contribution in [-0.2, 0) is 16.0 Å². The predicted octanol–water partition coefficient (Wildman–Crippen LogP) is 2.87. The SMILES string of the molecule is COC(=O)CCCc1ccc2c(c1)ncn2C1CC1. The van der Waals surface area contributed by atoms with Gasteiger partial charge in [0.1, 0.15) is 0 Å². The molecule has 0 N–H and O–H groups in total. The van der Waals surface area contributed by atoms with E-state index in [1.54, 1.807) is 0 Å². The third-order valence-electron chi connectivity index (χ3n) is 3.65. The molecule has 0 amide bonds. The lowest BCUT2D eigenvalue weighted by Gasteiger charge is -2.03. The van der Waals surface area contributed by atoms with Crippen LogP contribution in [0.5, 0.6) is 0 Å². The second-order valence-corrected chi connectivity index (χ2v) is 5.14. The molecule has 0 bridgehead atoms. The van der Waals surface area contributed by atoms with Gasteiger partial charge in [-0.25, -0.2) is 4.98 Å². The highest BCUT2D eigenvalue weighted by atomic mass is 16.5.